The number of carboxylic acids is 1. The van der Waals surface area contributed by atoms with Crippen LogP contribution in [0.15, 0.2) is 24.8 Å². The molecule has 1 aromatic rings. The predicted molar refractivity (Wildman–Crippen MR) is 76.8 cm³/mol. The number of hydrogen-bond acceptors (Lipinski definition) is 4. The summed E-state index contributed by atoms with van der Waals surface area (Å²) in [5.41, 5.74) is 1.43. The third-order valence-corrected chi connectivity index (χ3v) is 3.31. The van der Waals surface area contributed by atoms with Crippen molar-refractivity contribution in [2.75, 3.05) is 5.32 Å². The number of aliphatic carboxylic acids is 1. The van der Waals surface area contributed by atoms with E-state index in [0.717, 1.165) is 6.08 Å². The van der Waals surface area contributed by atoms with Crippen LogP contribution in [0.1, 0.15) is 18.1 Å². The number of carboxylic acid groups (broad SMARTS) is 1. The van der Waals surface area contributed by atoms with Gasteiger partial charge >= 0.3 is 5.97 Å². The Balaban J connectivity index is 3.20. The first-order valence-corrected chi connectivity index (χ1v) is 6.35. The molecule has 1 aromatic carbocycles. The summed E-state index contributed by atoms with van der Waals surface area (Å²) in [5, 5.41) is 30.7. The summed E-state index contributed by atoms with van der Waals surface area (Å²) >= 11 is 6.10. The van der Waals surface area contributed by atoms with Crippen molar-refractivity contribution in [1.29, 1.82) is 5.26 Å². The fraction of sp³-hybridized carbons (Fsp3) is 0.286. The summed E-state index contributed by atoms with van der Waals surface area (Å²) in [6.07, 6.45) is 0.419. The Morgan fingerprint density at radius 2 is 2.30 bits per heavy atom. The Hall–Kier alpha value is -2.03. The summed E-state index contributed by atoms with van der Waals surface area (Å²) in [7, 11) is 0. The van der Waals surface area contributed by atoms with Gasteiger partial charge < -0.3 is 15.5 Å². The fourth-order valence-corrected chi connectivity index (χ4v) is 2.13. The van der Waals surface area contributed by atoms with Crippen molar-refractivity contribution < 1.29 is 15.0 Å². The lowest BCUT2D eigenvalue weighted by Gasteiger charge is -2.21. The number of anilines is 1. The Labute approximate surface area is 122 Å². The molecule has 0 aliphatic rings. The lowest BCUT2D eigenvalue weighted by molar-refractivity contribution is -0.139. The second kappa shape index (κ2) is 6.94. The number of carbonyl (C=O) groups is 1. The number of aliphatic hydroxyl groups excluding tert-OH is 1. The topological polar surface area (TPSA) is 93.4 Å². The lowest BCUT2D eigenvalue weighted by atomic mass is 10.0. The molecule has 20 heavy (non-hydrogen) atoms. The highest BCUT2D eigenvalue weighted by Gasteiger charge is 2.25. The van der Waals surface area contributed by atoms with Crippen molar-refractivity contribution in [3.8, 4) is 6.07 Å². The van der Waals surface area contributed by atoms with Gasteiger partial charge in [0.25, 0.3) is 0 Å². The molecule has 1 rings (SSSR count). The molecule has 0 aromatic heterocycles. The van der Waals surface area contributed by atoms with Gasteiger partial charge in [-0.25, -0.2) is 4.79 Å². The van der Waals surface area contributed by atoms with E-state index in [1.807, 2.05) is 13.0 Å². The Bertz CT molecular complexity index is 566. The second-order valence-electron chi connectivity index (χ2n) is 4.11. The first-order valence-electron chi connectivity index (χ1n) is 5.97. The maximum atomic E-state index is 11.2. The molecule has 0 radical (unpaired) electrons. The molecule has 0 amide bonds. The average Bonchev–Trinajstić information content (AvgIpc) is 2.43. The minimum atomic E-state index is -1.24. The molecule has 0 saturated heterocycles. The number of nitriles is 1. The highest BCUT2D eigenvalue weighted by Crippen LogP contribution is 2.29. The van der Waals surface area contributed by atoms with Crippen LogP contribution >= 0.6 is 11.6 Å². The highest BCUT2D eigenvalue weighted by atomic mass is 35.5. The van der Waals surface area contributed by atoms with Gasteiger partial charge in [-0.1, -0.05) is 24.6 Å². The summed E-state index contributed by atoms with van der Waals surface area (Å²) in [4.78, 5) is 11.2. The van der Waals surface area contributed by atoms with Crippen LogP contribution in [0, 0.1) is 11.3 Å². The van der Waals surface area contributed by atoms with Crippen molar-refractivity contribution in [1.82, 2.24) is 0 Å². The number of halogens is 1. The Morgan fingerprint density at radius 3 is 2.75 bits per heavy atom. The minimum Gasteiger partial charge on any atom is -0.480 e. The van der Waals surface area contributed by atoms with Gasteiger partial charge in [0.1, 0.15) is 12.2 Å². The molecule has 2 atom stereocenters. The smallest absolute Gasteiger partial charge is 0.329 e. The van der Waals surface area contributed by atoms with Crippen molar-refractivity contribution in [2.24, 2.45) is 0 Å². The van der Waals surface area contributed by atoms with Crippen molar-refractivity contribution in [2.45, 2.75) is 25.5 Å². The van der Waals surface area contributed by atoms with E-state index >= 15 is 0 Å². The van der Waals surface area contributed by atoms with Gasteiger partial charge in [0.05, 0.1) is 10.6 Å². The van der Waals surface area contributed by atoms with Crippen LogP contribution in [0.3, 0.4) is 0 Å². The van der Waals surface area contributed by atoms with Crippen molar-refractivity contribution >= 4 is 23.3 Å². The van der Waals surface area contributed by atoms with Crippen molar-refractivity contribution in [3.63, 3.8) is 0 Å². The minimum absolute atomic E-state index is 0.289. The maximum Gasteiger partial charge on any atom is 0.329 e. The van der Waals surface area contributed by atoms with E-state index in [1.54, 1.807) is 6.07 Å². The molecule has 6 heteroatoms. The molecule has 0 bridgehead atoms. The summed E-state index contributed by atoms with van der Waals surface area (Å²) in [5.74, 6) is -1.21. The third-order valence-electron chi connectivity index (χ3n) is 2.88. The van der Waals surface area contributed by atoms with E-state index in [-0.39, 0.29) is 5.02 Å². The van der Waals surface area contributed by atoms with E-state index in [1.165, 1.54) is 6.07 Å². The standard InChI is InChI=1S/C14H15ClN2O3/c1-3-9-10(6-5-8(7-16)12(9)15)17-13(14(19)20)11(18)4-2/h4-6,11,13,17-18H,2-3H2,1H3,(H,19,20)/t11-,13+/m0/s1. The molecule has 0 spiro atoms. The molecule has 0 aliphatic heterocycles. The molecule has 0 fully saturated rings. The molecule has 0 aliphatic carbocycles. The van der Waals surface area contributed by atoms with E-state index in [4.69, 9.17) is 22.0 Å². The largest absolute Gasteiger partial charge is 0.480 e. The Morgan fingerprint density at radius 1 is 1.65 bits per heavy atom. The molecule has 0 heterocycles. The number of aliphatic hydroxyl groups is 1. The van der Waals surface area contributed by atoms with Gasteiger partial charge in [-0.05, 0) is 24.1 Å². The number of benzene rings is 1. The van der Waals surface area contributed by atoms with E-state index in [2.05, 4.69) is 11.9 Å². The molecule has 5 nitrogen and oxygen atoms in total. The maximum absolute atomic E-state index is 11.2. The summed E-state index contributed by atoms with van der Waals surface area (Å²) in [6.45, 7) is 5.21. The quantitative estimate of drug-likeness (QED) is 0.699. The van der Waals surface area contributed by atoms with E-state index in [0.29, 0.717) is 23.2 Å². The van der Waals surface area contributed by atoms with Gasteiger partial charge in [0.15, 0.2) is 6.04 Å². The third kappa shape index (κ3) is 3.29. The van der Waals surface area contributed by atoms with Crippen LogP contribution in [0.5, 0.6) is 0 Å². The monoisotopic (exact) mass is 294 g/mol. The lowest BCUT2D eigenvalue weighted by Crippen LogP contribution is -2.39. The van der Waals surface area contributed by atoms with Crippen LogP contribution < -0.4 is 5.32 Å². The molecule has 106 valence electrons. The zero-order chi connectivity index (χ0) is 15.3. The first kappa shape index (κ1) is 16.0. The van der Waals surface area contributed by atoms with Crippen LogP contribution in [-0.4, -0.2) is 28.3 Å². The summed E-state index contributed by atoms with van der Waals surface area (Å²) in [6, 6.07) is 3.81. The molecule has 0 unspecified atom stereocenters. The van der Waals surface area contributed by atoms with Crippen LogP contribution in [-0.2, 0) is 11.2 Å². The van der Waals surface area contributed by atoms with Gasteiger partial charge in [-0.15, -0.1) is 6.58 Å². The van der Waals surface area contributed by atoms with Gasteiger partial charge in [-0.2, -0.15) is 5.26 Å². The van der Waals surface area contributed by atoms with Crippen LogP contribution in [0.25, 0.3) is 0 Å². The zero-order valence-corrected chi connectivity index (χ0v) is 11.7. The van der Waals surface area contributed by atoms with Gasteiger partial charge in [0, 0.05) is 5.69 Å². The summed E-state index contributed by atoms with van der Waals surface area (Å²) < 4.78 is 0. The number of nitrogens with one attached hydrogen (secondary N) is 1. The number of hydrogen-bond donors (Lipinski definition) is 3. The fourth-order valence-electron chi connectivity index (χ4n) is 1.79. The van der Waals surface area contributed by atoms with E-state index < -0.39 is 18.1 Å². The molecular weight excluding hydrogens is 280 g/mol. The zero-order valence-electron chi connectivity index (χ0n) is 10.9. The van der Waals surface area contributed by atoms with Crippen LogP contribution in [0.2, 0.25) is 5.02 Å². The van der Waals surface area contributed by atoms with Crippen LogP contribution in [0.4, 0.5) is 5.69 Å². The predicted octanol–water partition coefficient (Wildman–Crippen LogP) is 2.19. The second-order valence-corrected chi connectivity index (χ2v) is 4.48. The highest BCUT2D eigenvalue weighted by molar-refractivity contribution is 6.33. The molecule has 0 saturated carbocycles. The molecular formula is C14H15ClN2O3. The normalized spacial score (nSPS) is 13.1. The van der Waals surface area contributed by atoms with Gasteiger partial charge in [-0.3, -0.25) is 0 Å². The molecule has 3 N–H and O–H groups in total. The number of rotatable bonds is 6. The van der Waals surface area contributed by atoms with Gasteiger partial charge in [0.2, 0.25) is 0 Å². The Kier molecular flexibility index (Phi) is 5.56. The SMILES string of the molecule is C=C[C@H](O)[C@@H](Nc1ccc(C#N)c(Cl)c1CC)C(=O)O. The average molecular weight is 295 g/mol. The first-order chi connectivity index (χ1) is 9.46. The van der Waals surface area contributed by atoms with E-state index in [9.17, 15) is 9.90 Å². The number of nitrogens with zero attached hydrogens (tertiary/aromatic N) is 1. The van der Waals surface area contributed by atoms with Crippen molar-refractivity contribution in [3.05, 3.63) is 40.9 Å².